The summed E-state index contributed by atoms with van der Waals surface area (Å²) in [4.78, 5) is 0. The SMILES string of the molecule is CCO.CCO.OCCCl. The van der Waals surface area contributed by atoms with Gasteiger partial charge in [0.1, 0.15) is 0 Å². The summed E-state index contributed by atoms with van der Waals surface area (Å²) in [6, 6.07) is 0. The van der Waals surface area contributed by atoms with E-state index in [-0.39, 0.29) is 19.8 Å². The van der Waals surface area contributed by atoms with Crippen molar-refractivity contribution in [2.24, 2.45) is 0 Å². The van der Waals surface area contributed by atoms with Gasteiger partial charge >= 0.3 is 0 Å². The lowest BCUT2D eigenvalue weighted by Crippen LogP contribution is -1.76. The molecule has 0 aliphatic rings. The number of halogens is 1. The van der Waals surface area contributed by atoms with E-state index in [1.807, 2.05) is 0 Å². The molecule has 0 aromatic heterocycles. The van der Waals surface area contributed by atoms with E-state index >= 15 is 0 Å². The first kappa shape index (κ1) is 16.6. The van der Waals surface area contributed by atoms with Crippen molar-refractivity contribution in [3.8, 4) is 0 Å². The lowest BCUT2D eigenvalue weighted by Gasteiger charge is -1.67. The van der Waals surface area contributed by atoms with Crippen LogP contribution in [-0.2, 0) is 0 Å². The summed E-state index contributed by atoms with van der Waals surface area (Å²) in [5.41, 5.74) is 0. The number of alkyl halides is 1. The molecule has 10 heavy (non-hydrogen) atoms. The van der Waals surface area contributed by atoms with E-state index in [0.717, 1.165) is 0 Å². The summed E-state index contributed by atoms with van der Waals surface area (Å²) < 4.78 is 0. The number of rotatable bonds is 1. The molecule has 0 aromatic carbocycles. The van der Waals surface area contributed by atoms with Crippen LogP contribution in [0.4, 0.5) is 0 Å². The molecule has 0 fully saturated rings. The highest BCUT2D eigenvalue weighted by molar-refractivity contribution is 6.17. The predicted octanol–water partition coefficient (Wildman–Crippen LogP) is 0.215. The van der Waals surface area contributed by atoms with E-state index < -0.39 is 0 Å². The Morgan fingerprint density at radius 1 is 1.00 bits per heavy atom. The fraction of sp³-hybridized carbons (Fsp3) is 1.00. The van der Waals surface area contributed by atoms with Crippen LogP contribution in [-0.4, -0.2) is 41.0 Å². The van der Waals surface area contributed by atoms with E-state index in [1.165, 1.54) is 0 Å². The van der Waals surface area contributed by atoms with E-state index in [4.69, 9.17) is 26.9 Å². The van der Waals surface area contributed by atoms with Gasteiger partial charge in [-0.3, -0.25) is 0 Å². The van der Waals surface area contributed by atoms with Crippen LogP contribution < -0.4 is 0 Å². The van der Waals surface area contributed by atoms with Crippen LogP contribution in [0.15, 0.2) is 0 Å². The third-order valence-corrected chi connectivity index (χ3v) is 0.254. The molecule has 3 N–H and O–H groups in total. The molecule has 0 aliphatic carbocycles. The van der Waals surface area contributed by atoms with Crippen LogP contribution in [0.5, 0.6) is 0 Å². The van der Waals surface area contributed by atoms with Gasteiger partial charge in [0.25, 0.3) is 0 Å². The molecule has 4 heteroatoms. The quantitative estimate of drug-likeness (QED) is 0.496. The van der Waals surface area contributed by atoms with Gasteiger partial charge in [0, 0.05) is 19.1 Å². The minimum Gasteiger partial charge on any atom is -0.397 e. The number of aliphatic hydroxyl groups is 3. The molecule has 0 aliphatic heterocycles. The molecule has 0 rings (SSSR count). The van der Waals surface area contributed by atoms with Crippen LogP contribution in [0.2, 0.25) is 0 Å². The molecule has 0 spiro atoms. The van der Waals surface area contributed by atoms with Crippen LogP contribution in [0.1, 0.15) is 13.8 Å². The van der Waals surface area contributed by atoms with Gasteiger partial charge in [-0.25, -0.2) is 0 Å². The summed E-state index contributed by atoms with van der Waals surface area (Å²) in [5, 5.41) is 22.9. The number of hydrogen-bond acceptors (Lipinski definition) is 3. The highest BCUT2D eigenvalue weighted by Crippen LogP contribution is 1.63. The standard InChI is InChI=1S/C2H5ClO.2C2H6O/c3-1-2-4;2*1-2-3/h4H,1-2H2;2*3H,2H2,1H3. The van der Waals surface area contributed by atoms with Crippen molar-refractivity contribution in [1.29, 1.82) is 0 Å². The largest absolute Gasteiger partial charge is 0.397 e. The number of aliphatic hydroxyl groups excluding tert-OH is 3. The molecule has 0 bridgehead atoms. The highest BCUT2D eigenvalue weighted by Gasteiger charge is 1.60. The molecule has 0 atom stereocenters. The molecule has 0 amide bonds. The Morgan fingerprint density at radius 2 is 1.10 bits per heavy atom. The third kappa shape index (κ3) is 307. The zero-order chi connectivity index (χ0) is 8.83. The topological polar surface area (TPSA) is 60.7 Å². The van der Waals surface area contributed by atoms with Crippen molar-refractivity contribution in [3.63, 3.8) is 0 Å². The normalized spacial score (nSPS) is 6.60. The van der Waals surface area contributed by atoms with Crippen molar-refractivity contribution >= 4 is 11.6 Å². The van der Waals surface area contributed by atoms with Crippen molar-refractivity contribution in [1.82, 2.24) is 0 Å². The predicted molar refractivity (Wildman–Crippen MR) is 43.3 cm³/mol. The molecule has 3 nitrogen and oxygen atoms in total. The van der Waals surface area contributed by atoms with Gasteiger partial charge in [0.15, 0.2) is 0 Å². The molecule has 66 valence electrons. The van der Waals surface area contributed by atoms with Crippen LogP contribution in [0.3, 0.4) is 0 Å². The molecule has 0 unspecified atom stereocenters. The first-order valence-corrected chi connectivity index (χ1v) is 3.66. The van der Waals surface area contributed by atoms with E-state index in [1.54, 1.807) is 13.8 Å². The van der Waals surface area contributed by atoms with Gasteiger partial charge < -0.3 is 15.3 Å². The molecular formula is C6H17ClO3. The monoisotopic (exact) mass is 172 g/mol. The van der Waals surface area contributed by atoms with Gasteiger partial charge in [-0.1, -0.05) is 0 Å². The summed E-state index contributed by atoms with van der Waals surface area (Å²) in [6.07, 6.45) is 0. The van der Waals surface area contributed by atoms with Crippen molar-refractivity contribution in [2.75, 3.05) is 25.7 Å². The molecule has 0 heterocycles. The van der Waals surface area contributed by atoms with E-state index in [9.17, 15) is 0 Å². The van der Waals surface area contributed by atoms with Gasteiger partial charge in [-0.05, 0) is 13.8 Å². The molecule has 0 aromatic rings. The van der Waals surface area contributed by atoms with Crippen molar-refractivity contribution < 1.29 is 15.3 Å². The average molecular weight is 173 g/mol. The minimum atomic E-state index is 0.0849. The fourth-order valence-electron chi connectivity index (χ4n) is 0. The third-order valence-electron chi connectivity index (χ3n) is 0.0845. The maximum absolute atomic E-state index is 7.74. The molecular weight excluding hydrogens is 156 g/mol. The smallest absolute Gasteiger partial charge is 0.0566 e. The minimum absolute atomic E-state index is 0.0849. The van der Waals surface area contributed by atoms with Gasteiger partial charge in [-0.2, -0.15) is 0 Å². The number of hydrogen-bond donors (Lipinski definition) is 3. The Hall–Kier alpha value is 0.170. The summed E-state index contributed by atoms with van der Waals surface area (Å²) in [5.74, 6) is 0.347. The Kier molecular flexibility index (Phi) is 58.6. The Bertz CT molecular complexity index is 25.0. The first-order valence-electron chi connectivity index (χ1n) is 3.13. The Labute approximate surface area is 67.3 Å². The maximum atomic E-state index is 7.74. The van der Waals surface area contributed by atoms with Crippen molar-refractivity contribution in [3.05, 3.63) is 0 Å². The Balaban J connectivity index is -0.0000000750. The van der Waals surface area contributed by atoms with E-state index in [2.05, 4.69) is 0 Å². The molecule has 0 saturated heterocycles. The zero-order valence-corrected chi connectivity index (χ0v) is 7.30. The second-order valence-corrected chi connectivity index (χ2v) is 1.42. The van der Waals surface area contributed by atoms with Crippen LogP contribution >= 0.6 is 11.6 Å². The average Bonchev–Trinajstić information content (AvgIpc) is 1.91. The zero-order valence-electron chi connectivity index (χ0n) is 6.55. The molecule has 0 radical (unpaired) electrons. The van der Waals surface area contributed by atoms with Gasteiger partial charge in [0.05, 0.1) is 6.61 Å². The maximum Gasteiger partial charge on any atom is 0.0566 e. The van der Waals surface area contributed by atoms with Gasteiger partial charge in [-0.15, -0.1) is 11.6 Å². The van der Waals surface area contributed by atoms with Crippen LogP contribution in [0, 0.1) is 0 Å². The van der Waals surface area contributed by atoms with E-state index in [0.29, 0.717) is 5.88 Å². The second kappa shape index (κ2) is 35.2. The Morgan fingerprint density at radius 3 is 1.10 bits per heavy atom. The summed E-state index contributed by atoms with van der Waals surface area (Å²) in [7, 11) is 0. The first-order chi connectivity index (χ1) is 4.74. The van der Waals surface area contributed by atoms with Gasteiger partial charge in [0.2, 0.25) is 0 Å². The summed E-state index contributed by atoms with van der Waals surface area (Å²) >= 11 is 4.94. The molecule has 0 saturated carbocycles. The lowest BCUT2D eigenvalue weighted by molar-refractivity contribution is 0.318. The van der Waals surface area contributed by atoms with Crippen molar-refractivity contribution in [2.45, 2.75) is 13.8 Å². The summed E-state index contributed by atoms with van der Waals surface area (Å²) in [6.45, 7) is 3.95. The highest BCUT2D eigenvalue weighted by atomic mass is 35.5. The second-order valence-electron chi connectivity index (χ2n) is 1.05. The lowest BCUT2D eigenvalue weighted by atomic mass is 10.9. The fourth-order valence-corrected chi connectivity index (χ4v) is 0. The van der Waals surface area contributed by atoms with Crippen LogP contribution in [0.25, 0.3) is 0 Å².